The molecule has 0 fully saturated rings. The lowest BCUT2D eigenvalue weighted by atomic mass is 10.3. The number of amides is 2. The highest BCUT2D eigenvalue weighted by molar-refractivity contribution is 7.10. The van der Waals surface area contributed by atoms with Crippen molar-refractivity contribution in [2.45, 2.75) is 6.54 Å². The SMILES string of the molecule is CNC(=O)CNCc1cc(C(N)=O)cs1. The quantitative estimate of drug-likeness (QED) is 0.644. The van der Waals surface area contributed by atoms with E-state index in [1.54, 1.807) is 18.5 Å². The first-order chi connectivity index (χ1) is 7.13. The summed E-state index contributed by atoms with van der Waals surface area (Å²) in [4.78, 5) is 22.6. The number of hydrogen-bond acceptors (Lipinski definition) is 4. The molecule has 0 aliphatic heterocycles. The van der Waals surface area contributed by atoms with Gasteiger partial charge in [0.25, 0.3) is 0 Å². The minimum Gasteiger partial charge on any atom is -0.366 e. The Bertz CT molecular complexity index is 362. The molecule has 0 aliphatic rings. The second kappa shape index (κ2) is 5.47. The normalized spacial score (nSPS) is 9.93. The maximum absolute atomic E-state index is 10.9. The summed E-state index contributed by atoms with van der Waals surface area (Å²) in [5, 5.41) is 7.16. The van der Waals surface area contributed by atoms with Crippen LogP contribution in [0.1, 0.15) is 15.2 Å². The second-order valence-corrected chi connectivity index (χ2v) is 3.94. The number of likely N-dealkylation sites (N-methyl/N-ethyl adjacent to an activating group) is 1. The number of nitrogens with one attached hydrogen (secondary N) is 2. The lowest BCUT2D eigenvalue weighted by Crippen LogP contribution is -2.30. The first kappa shape index (κ1) is 11.7. The molecule has 0 saturated heterocycles. The third-order valence-corrected chi connectivity index (χ3v) is 2.74. The molecule has 0 aromatic carbocycles. The molecule has 15 heavy (non-hydrogen) atoms. The van der Waals surface area contributed by atoms with Gasteiger partial charge in [-0.2, -0.15) is 0 Å². The molecular formula is C9H13N3O2S. The van der Waals surface area contributed by atoms with Crippen LogP contribution in [0.5, 0.6) is 0 Å². The highest BCUT2D eigenvalue weighted by Crippen LogP contribution is 2.13. The Morgan fingerprint density at radius 2 is 2.27 bits per heavy atom. The number of carbonyl (C=O) groups is 2. The third kappa shape index (κ3) is 3.69. The minimum absolute atomic E-state index is 0.0679. The van der Waals surface area contributed by atoms with Crippen LogP contribution in [0, 0.1) is 0 Å². The van der Waals surface area contributed by atoms with Gasteiger partial charge in [-0.15, -0.1) is 11.3 Å². The monoisotopic (exact) mass is 227 g/mol. The molecule has 4 N–H and O–H groups in total. The number of nitrogens with two attached hydrogens (primary N) is 1. The molecule has 0 saturated carbocycles. The first-order valence-corrected chi connectivity index (χ1v) is 5.30. The first-order valence-electron chi connectivity index (χ1n) is 4.42. The molecule has 5 nitrogen and oxygen atoms in total. The minimum atomic E-state index is -0.427. The number of hydrogen-bond donors (Lipinski definition) is 3. The van der Waals surface area contributed by atoms with Crippen molar-refractivity contribution in [2.75, 3.05) is 13.6 Å². The lowest BCUT2D eigenvalue weighted by Gasteiger charge is -2.00. The number of thiophene rings is 1. The zero-order valence-electron chi connectivity index (χ0n) is 8.37. The third-order valence-electron chi connectivity index (χ3n) is 1.80. The van der Waals surface area contributed by atoms with Crippen LogP contribution in [0.4, 0.5) is 0 Å². The van der Waals surface area contributed by atoms with E-state index in [0.29, 0.717) is 12.1 Å². The molecule has 0 atom stereocenters. The van der Waals surface area contributed by atoms with E-state index in [1.807, 2.05) is 0 Å². The van der Waals surface area contributed by atoms with Crippen LogP contribution in [-0.2, 0) is 11.3 Å². The molecule has 0 bridgehead atoms. The average molecular weight is 227 g/mol. The summed E-state index contributed by atoms with van der Waals surface area (Å²) in [6.45, 7) is 0.825. The smallest absolute Gasteiger partial charge is 0.249 e. The van der Waals surface area contributed by atoms with Gasteiger partial charge in [0.1, 0.15) is 0 Å². The average Bonchev–Trinajstić information content (AvgIpc) is 2.66. The van der Waals surface area contributed by atoms with Crippen molar-refractivity contribution in [2.24, 2.45) is 5.73 Å². The van der Waals surface area contributed by atoms with Gasteiger partial charge in [-0.3, -0.25) is 9.59 Å². The van der Waals surface area contributed by atoms with Gasteiger partial charge >= 0.3 is 0 Å². The number of carbonyl (C=O) groups excluding carboxylic acids is 2. The molecule has 6 heteroatoms. The highest BCUT2D eigenvalue weighted by atomic mass is 32.1. The Morgan fingerprint density at radius 3 is 2.80 bits per heavy atom. The van der Waals surface area contributed by atoms with Crippen molar-refractivity contribution in [3.8, 4) is 0 Å². The van der Waals surface area contributed by atoms with Crippen molar-refractivity contribution in [1.82, 2.24) is 10.6 Å². The van der Waals surface area contributed by atoms with E-state index in [2.05, 4.69) is 10.6 Å². The van der Waals surface area contributed by atoms with E-state index in [9.17, 15) is 9.59 Å². The second-order valence-electron chi connectivity index (χ2n) is 2.94. The fourth-order valence-electron chi connectivity index (χ4n) is 0.990. The van der Waals surface area contributed by atoms with Gasteiger partial charge < -0.3 is 16.4 Å². The molecule has 1 heterocycles. The molecule has 1 rings (SSSR count). The van der Waals surface area contributed by atoms with Crippen molar-refractivity contribution < 1.29 is 9.59 Å². The Hall–Kier alpha value is -1.40. The molecule has 1 aromatic rings. The van der Waals surface area contributed by atoms with E-state index in [1.165, 1.54) is 11.3 Å². The molecule has 2 amide bonds. The Balaban J connectivity index is 2.38. The van der Waals surface area contributed by atoms with Gasteiger partial charge in [0, 0.05) is 23.8 Å². The summed E-state index contributed by atoms with van der Waals surface area (Å²) in [5.74, 6) is -0.495. The summed E-state index contributed by atoms with van der Waals surface area (Å²) in [6, 6.07) is 1.73. The largest absolute Gasteiger partial charge is 0.366 e. The summed E-state index contributed by atoms with van der Waals surface area (Å²) in [6.07, 6.45) is 0. The van der Waals surface area contributed by atoms with Crippen molar-refractivity contribution in [3.05, 3.63) is 21.9 Å². The van der Waals surface area contributed by atoms with Gasteiger partial charge in [0.2, 0.25) is 11.8 Å². The summed E-state index contributed by atoms with van der Waals surface area (Å²) in [7, 11) is 1.58. The Labute approximate surface area is 91.7 Å². The maximum atomic E-state index is 10.9. The molecule has 0 unspecified atom stereocenters. The molecule has 82 valence electrons. The lowest BCUT2D eigenvalue weighted by molar-refractivity contribution is -0.119. The summed E-state index contributed by atoms with van der Waals surface area (Å²) < 4.78 is 0. The highest BCUT2D eigenvalue weighted by Gasteiger charge is 2.04. The van der Waals surface area contributed by atoms with Gasteiger partial charge in [0.15, 0.2) is 0 Å². The molecule has 1 aromatic heterocycles. The fraction of sp³-hybridized carbons (Fsp3) is 0.333. The molecule has 0 radical (unpaired) electrons. The zero-order chi connectivity index (χ0) is 11.3. The number of rotatable bonds is 5. The van der Waals surface area contributed by atoms with Crippen LogP contribution < -0.4 is 16.4 Å². The number of primary amides is 1. The van der Waals surface area contributed by atoms with Gasteiger partial charge in [0.05, 0.1) is 12.1 Å². The van der Waals surface area contributed by atoms with Gasteiger partial charge in [-0.1, -0.05) is 0 Å². The standard InChI is InChI=1S/C9H13N3O2S/c1-11-8(13)4-12-3-7-2-6(5-15-7)9(10)14/h2,5,12H,3-4H2,1H3,(H2,10,14)(H,11,13). The maximum Gasteiger partial charge on any atom is 0.249 e. The van der Waals surface area contributed by atoms with Gasteiger partial charge in [-0.25, -0.2) is 0 Å². The van der Waals surface area contributed by atoms with Crippen LogP contribution in [-0.4, -0.2) is 25.4 Å². The van der Waals surface area contributed by atoms with E-state index < -0.39 is 5.91 Å². The predicted octanol–water partition coefficient (Wildman–Crippen LogP) is -0.317. The van der Waals surface area contributed by atoms with Crippen LogP contribution in [0.2, 0.25) is 0 Å². The van der Waals surface area contributed by atoms with Crippen LogP contribution in [0.15, 0.2) is 11.4 Å². The van der Waals surface area contributed by atoms with E-state index >= 15 is 0 Å². The van der Waals surface area contributed by atoms with Crippen molar-refractivity contribution >= 4 is 23.2 Å². The summed E-state index contributed by atoms with van der Waals surface area (Å²) >= 11 is 1.44. The Kier molecular flexibility index (Phi) is 4.26. The van der Waals surface area contributed by atoms with Crippen molar-refractivity contribution in [3.63, 3.8) is 0 Å². The van der Waals surface area contributed by atoms with Crippen LogP contribution >= 0.6 is 11.3 Å². The molecule has 0 aliphatic carbocycles. The van der Waals surface area contributed by atoms with Gasteiger partial charge in [-0.05, 0) is 6.07 Å². The topological polar surface area (TPSA) is 84.2 Å². The van der Waals surface area contributed by atoms with E-state index in [-0.39, 0.29) is 12.5 Å². The predicted molar refractivity (Wildman–Crippen MR) is 58.6 cm³/mol. The van der Waals surface area contributed by atoms with E-state index in [4.69, 9.17) is 5.73 Å². The van der Waals surface area contributed by atoms with Crippen LogP contribution in [0.25, 0.3) is 0 Å². The van der Waals surface area contributed by atoms with Crippen molar-refractivity contribution in [1.29, 1.82) is 0 Å². The molecule has 0 spiro atoms. The Morgan fingerprint density at radius 1 is 1.53 bits per heavy atom. The van der Waals surface area contributed by atoms with Crippen LogP contribution in [0.3, 0.4) is 0 Å². The fourth-order valence-corrected chi connectivity index (χ4v) is 1.83. The zero-order valence-corrected chi connectivity index (χ0v) is 9.19. The summed E-state index contributed by atoms with van der Waals surface area (Å²) in [5.41, 5.74) is 5.62. The molecular weight excluding hydrogens is 214 g/mol. The van der Waals surface area contributed by atoms with E-state index in [0.717, 1.165) is 4.88 Å².